The molecule has 1 unspecified atom stereocenters. The molecule has 4 nitrogen and oxygen atoms in total. The second kappa shape index (κ2) is 11.3. The van der Waals surface area contributed by atoms with Gasteiger partial charge in [0.25, 0.3) is 0 Å². The van der Waals surface area contributed by atoms with E-state index in [1.165, 1.54) is 5.69 Å². The molecule has 0 spiro atoms. The Bertz CT molecular complexity index is 404. The quantitative estimate of drug-likeness (QED) is 0.797. The fourth-order valence-corrected chi connectivity index (χ4v) is 3.88. The first-order valence-electron chi connectivity index (χ1n) is 7.49. The number of aromatic amines is 1. The molecule has 116 valence electrons. The molecule has 2 aromatic rings. The molecule has 5 heteroatoms. The van der Waals surface area contributed by atoms with Gasteiger partial charge in [0.1, 0.15) is 0 Å². The first kappa shape index (κ1) is 17.6. The predicted octanol–water partition coefficient (Wildman–Crippen LogP) is 3.49. The van der Waals surface area contributed by atoms with E-state index >= 15 is 0 Å². The van der Waals surface area contributed by atoms with Crippen LogP contribution in [0.2, 0.25) is 6.04 Å². The Hall–Kier alpha value is -1.43. The molecule has 0 fully saturated rings. The Morgan fingerprint density at radius 3 is 2.14 bits per heavy atom. The van der Waals surface area contributed by atoms with E-state index in [1.807, 2.05) is 44.3 Å². The third-order valence-corrected chi connectivity index (χ3v) is 5.47. The van der Waals surface area contributed by atoms with E-state index < -0.39 is 9.28 Å². The number of H-pyrrole nitrogens is 1. The van der Waals surface area contributed by atoms with Crippen LogP contribution in [0.5, 0.6) is 0 Å². The van der Waals surface area contributed by atoms with Gasteiger partial charge in [-0.1, -0.05) is 13.0 Å². The molecule has 0 aromatic carbocycles. The van der Waals surface area contributed by atoms with E-state index in [9.17, 15) is 0 Å². The van der Waals surface area contributed by atoms with Crippen molar-refractivity contribution in [2.24, 2.45) is 0 Å². The summed E-state index contributed by atoms with van der Waals surface area (Å²) < 4.78 is 11.3. The summed E-state index contributed by atoms with van der Waals surface area (Å²) in [5.41, 5.74) is 1.27. The summed E-state index contributed by atoms with van der Waals surface area (Å²) in [6.45, 7) is 7.78. The minimum atomic E-state index is -1.46. The Morgan fingerprint density at radius 1 is 1.10 bits per heavy atom. The molecule has 2 heterocycles. The van der Waals surface area contributed by atoms with Gasteiger partial charge in [-0.05, 0) is 50.1 Å². The van der Waals surface area contributed by atoms with E-state index in [1.54, 1.807) is 12.4 Å². The van der Waals surface area contributed by atoms with Crippen LogP contribution in [0.1, 0.15) is 32.4 Å². The topological polar surface area (TPSA) is 47.1 Å². The number of rotatable bonds is 7. The minimum Gasteiger partial charge on any atom is -0.397 e. The van der Waals surface area contributed by atoms with Crippen LogP contribution in [0, 0.1) is 0 Å². The summed E-state index contributed by atoms with van der Waals surface area (Å²) in [5, 5.41) is 0. The fraction of sp³-hybridized carbons (Fsp3) is 0.438. The van der Waals surface area contributed by atoms with Gasteiger partial charge in [0, 0.05) is 37.5 Å². The predicted molar refractivity (Wildman–Crippen MR) is 88.7 cm³/mol. The largest absolute Gasteiger partial charge is 0.397 e. The smallest absolute Gasteiger partial charge is 0.322 e. The highest BCUT2D eigenvalue weighted by Gasteiger charge is 2.18. The van der Waals surface area contributed by atoms with Crippen LogP contribution in [-0.2, 0) is 8.85 Å². The molecule has 0 aliphatic rings. The maximum atomic E-state index is 5.65. The molecule has 0 amide bonds. The lowest BCUT2D eigenvalue weighted by atomic mass is 10.1. The van der Waals surface area contributed by atoms with Crippen molar-refractivity contribution >= 4 is 9.28 Å². The number of pyridine rings is 1. The Labute approximate surface area is 129 Å². The molecule has 0 aliphatic carbocycles. The molecule has 1 N–H and O–H groups in total. The molecule has 0 saturated heterocycles. The lowest BCUT2D eigenvalue weighted by Crippen LogP contribution is -2.24. The maximum absolute atomic E-state index is 5.65. The molecule has 2 rings (SSSR count). The number of aromatic nitrogens is 2. The van der Waals surface area contributed by atoms with Gasteiger partial charge in [-0.15, -0.1) is 0 Å². The molecule has 0 bridgehead atoms. The molecule has 2 aromatic heterocycles. The first-order chi connectivity index (χ1) is 10.3. The lowest BCUT2D eigenvalue weighted by molar-refractivity contribution is 0.211. The van der Waals surface area contributed by atoms with Crippen LogP contribution in [0.15, 0.2) is 48.9 Å². The van der Waals surface area contributed by atoms with E-state index in [2.05, 4.69) is 23.0 Å². The monoisotopic (exact) mass is 306 g/mol. The van der Waals surface area contributed by atoms with Crippen LogP contribution >= 0.6 is 0 Å². The lowest BCUT2D eigenvalue weighted by Gasteiger charge is -2.18. The molecular formula is C16H26N2O2Si. The van der Waals surface area contributed by atoms with Crippen LogP contribution in [0.4, 0.5) is 0 Å². The van der Waals surface area contributed by atoms with Crippen molar-refractivity contribution in [3.63, 3.8) is 0 Å². The zero-order chi connectivity index (χ0) is 15.3. The first-order valence-corrected chi connectivity index (χ1v) is 9.25. The van der Waals surface area contributed by atoms with Crippen LogP contribution in [0.25, 0.3) is 0 Å². The number of hydrogen-bond acceptors (Lipinski definition) is 3. The molecule has 0 radical (unpaired) electrons. The minimum absolute atomic E-state index is 0.495. The molecule has 21 heavy (non-hydrogen) atoms. The second-order valence-corrected chi connectivity index (χ2v) is 6.62. The van der Waals surface area contributed by atoms with E-state index in [0.29, 0.717) is 5.92 Å². The summed E-state index contributed by atoms with van der Waals surface area (Å²) >= 11 is 0. The van der Waals surface area contributed by atoms with Crippen LogP contribution in [-0.4, -0.2) is 32.5 Å². The van der Waals surface area contributed by atoms with Gasteiger partial charge in [-0.2, -0.15) is 0 Å². The molecule has 0 aliphatic heterocycles. The van der Waals surface area contributed by atoms with Crippen molar-refractivity contribution < 1.29 is 8.85 Å². The molecule has 1 atom stereocenters. The number of nitrogens with one attached hydrogen (secondary N) is 1. The summed E-state index contributed by atoms with van der Waals surface area (Å²) in [4.78, 5) is 7.02. The van der Waals surface area contributed by atoms with Gasteiger partial charge in [-0.25, -0.2) is 0 Å². The van der Waals surface area contributed by atoms with Crippen molar-refractivity contribution in [3.05, 3.63) is 54.6 Å². The van der Waals surface area contributed by atoms with Crippen molar-refractivity contribution in [2.75, 3.05) is 13.2 Å². The Kier molecular flexibility index (Phi) is 9.44. The molecular weight excluding hydrogens is 280 g/mol. The summed E-state index contributed by atoms with van der Waals surface area (Å²) in [5.74, 6) is 0.495. The third kappa shape index (κ3) is 7.80. The standard InChI is InChI=1S/C11H21NO2Si.C5H5N/c1-4-13-15(14-5-2)9-10(3)11-7-6-8-12-11;1-2-4-6-5-3-1/h6-8,10,12,15H,4-5,9H2,1-3H3;1-5H. The molecule has 0 saturated carbocycles. The van der Waals surface area contributed by atoms with E-state index in [-0.39, 0.29) is 0 Å². The fourth-order valence-electron chi connectivity index (χ4n) is 1.93. The Morgan fingerprint density at radius 2 is 1.76 bits per heavy atom. The Balaban J connectivity index is 0.000000304. The zero-order valence-corrected chi connectivity index (χ0v) is 14.3. The van der Waals surface area contributed by atoms with Gasteiger partial charge >= 0.3 is 9.28 Å². The van der Waals surface area contributed by atoms with Gasteiger partial charge in [0.15, 0.2) is 0 Å². The van der Waals surface area contributed by atoms with Gasteiger partial charge in [0.05, 0.1) is 0 Å². The number of hydrogen-bond donors (Lipinski definition) is 1. The zero-order valence-electron chi connectivity index (χ0n) is 13.2. The SMILES string of the molecule is CCO[SiH](CC(C)c1ccc[nH]1)OCC.c1ccncc1. The maximum Gasteiger partial charge on any atom is 0.322 e. The van der Waals surface area contributed by atoms with Crippen molar-refractivity contribution in [3.8, 4) is 0 Å². The van der Waals surface area contributed by atoms with E-state index in [0.717, 1.165) is 19.3 Å². The average molecular weight is 306 g/mol. The second-order valence-electron chi connectivity index (χ2n) is 4.63. The summed E-state index contributed by atoms with van der Waals surface area (Å²) in [6.07, 6.45) is 5.46. The normalized spacial score (nSPS) is 11.8. The van der Waals surface area contributed by atoms with Crippen LogP contribution in [0.3, 0.4) is 0 Å². The van der Waals surface area contributed by atoms with Crippen molar-refractivity contribution in [2.45, 2.75) is 32.7 Å². The van der Waals surface area contributed by atoms with Gasteiger partial charge < -0.3 is 13.8 Å². The average Bonchev–Trinajstić information content (AvgIpc) is 3.04. The van der Waals surface area contributed by atoms with Gasteiger partial charge in [-0.3, -0.25) is 4.98 Å². The van der Waals surface area contributed by atoms with E-state index in [4.69, 9.17) is 8.85 Å². The number of nitrogens with zero attached hydrogens (tertiary/aromatic N) is 1. The van der Waals surface area contributed by atoms with Gasteiger partial charge in [0.2, 0.25) is 0 Å². The highest BCUT2D eigenvalue weighted by Crippen LogP contribution is 2.20. The van der Waals surface area contributed by atoms with Crippen LogP contribution < -0.4 is 0 Å². The van der Waals surface area contributed by atoms with Crippen molar-refractivity contribution in [1.82, 2.24) is 9.97 Å². The van der Waals surface area contributed by atoms with Crippen molar-refractivity contribution in [1.29, 1.82) is 0 Å². The third-order valence-electron chi connectivity index (χ3n) is 2.97. The summed E-state index contributed by atoms with van der Waals surface area (Å²) in [7, 11) is -1.46. The summed E-state index contributed by atoms with van der Waals surface area (Å²) in [6, 6.07) is 10.9. The highest BCUT2D eigenvalue weighted by molar-refractivity contribution is 6.44. The highest BCUT2D eigenvalue weighted by atomic mass is 28.3.